The highest BCUT2D eigenvalue weighted by Crippen LogP contribution is 2.27. The number of fused-ring (bicyclic) bond motifs is 1. The van der Waals surface area contributed by atoms with Crippen molar-refractivity contribution in [1.82, 2.24) is 9.80 Å². The van der Waals surface area contributed by atoms with Gasteiger partial charge in [0.2, 0.25) is 5.91 Å². The van der Waals surface area contributed by atoms with Gasteiger partial charge < -0.3 is 9.64 Å². The molecule has 0 radical (unpaired) electrons. The van der Waals surface area contributed by atoms with Crippen LogP contribution in [0.1, 0.15) is 46.9 Å². The van der Waals surface area contributed by atoms with E-state index in [1.165, 1.54) is 11.0 Å². The highest BCUT2D eigenvalue weighted by atomic mass is 16.6. The molecule has 148 valence electrons. The van der Waals surface area contributed by atoms with E-state index >= 15 is 0 Å². The van der Waals surface area contributed by atoms with Gasteiger partial charge in [-0.25, -0.2) is 4.79 Å². The van der Waals surface area contributed by atoms with E-state index in [-0.39, 0.29) is 23.4 Å². The first-order chi connectivity index (χ1) is 13.3. The molecule has 28 heavy (non-hydrogen) atoms. The number of carbonyl (C=O) groups is 4. The van der Waals surface area contributed by atoms with Crippen LogP contribution in [-0.4, -0.2) is 64.2 Å². The summed E-state index contributed by atoms with van der Waals surface area (Å²) in [7, 11) is 0. The number of imide groups is 1. The van der Waals surface area contributed by atoms with Crippen LogP contribution < -0.4 is 0 Å². The number of hydrogen-bond donors (Lipinski definition) is 0. The van der Waals surface area contributed by atoms with Gasteiger partial charge in [0.15, 0.2) is 0 Å². The maximum Gasteiger partial charge on any atom is 0.328 e. The van der Waals surface area contributed by atoms with Gasteiger partial charge in [-0.3, -0.25) is 29.4 Å². The van der Waals surface area contributed by atoms with Gasteiger partial charge in [0, 0.05) is 18.7 Å². The number of amides is 3. The Morgan fingerprint density at radius 3 is 2.61 bits per heavy atom. The Bertz CT molecular complexity index is 867. The van der Waals surface area contributed by atoms with Gasteiger partial charge in [-0.1, -0.05) is 0 Å². The number of hydrogen-bond acceptors (Lipinski definition) is 7. The number of piperidine rings is 1. The summed E-state index contributed by atoms with van der Waals surface area (Å²) in [6.07, 6.45) is 1.93. The second-order valence-corrected chi connectivity index (χ2v) is 6.53. The fourth-order valence-corrected chi connectivity index (χ4v) is 3.48. The monoisotopic (exact) mass is 389 g/mol. The minimum atomic E-state index is -0.762. The van der Waals surface area contributed by atoms with E-state index in [9.17, 15) is 29.3 Å². The van der Waals surface area contributed by atoms with Crippen molar-refractivity contribution in [3.63, 3.8) is 0 Å². The quantitative estimate of drug-likeness (QED) is 0.320. The molecule has 2 aliphatic heterocycles. The minimum absolute atomic E-state index is 0.0176. The van der Waals surface area contributed by atoms with E-state index in [1.54, 1.807) is 6.92 Å². The molecule has 1 aromatic carbocycles. The van der Waals surface area contributed by atoms with Crippen LogP contribution in [0.5, 0.6) is 0 Å². The highest BCUT2D eigenvalue weighted by molar-refractivity contribution is 6.22. The third kappa shape index (κ3) is 3.45. The SMILES string of the molecule is CCOC(=O)[C@H]1CCCCN1C(=O)CN1C(=O)c2ccc([N+](=O)[O-])cc2C1=O. The Hall–Kier alpha value is -3.30. The third-order valence-electron chi connectivity index (χ3n) is 4.84. The van der Waals surface area contributed by atoms with Crippen LogP contribution in [0.15, 0.2) is 18.2 Å². The number of ether oxygens (including phenoxy) is 1. The molecule has 0 aromatic heterocycles. The first kappa shape index (κ1) is 19.5. The predicted octanol–water partition coefficient (Wildman–Crippen LogP) is 1.13. The molecule has 2 heterocycles. The lowest BCUT2D eigenvalue weighted by molar-refractivity contribution is -0.384. The van der Waals surface area contributed by atoms with E-state index in [0.29, 0.717) is 19.4 Å². The fourth-order valence-electron chi connectivity index (χ4n) is 3.48. The number of nitro benzene ring substituents is 1. The number of rotatable bonds is 5. The van der Waals surface area contributed by atoms with Gasteiger partial charge in [0.05, 0.1) is 22.7 Å². The predicted molar refractivity (Wildman–Crippen MR) is 94.4 cm³/mol. The Morgan fingerprint density at radius 1 is 1.21 bits per heavy atom. The van der Waals surface area contributed by atoms with Crippen molar-refractivity contribution in [1.29, 1.82) is 0 Å². The zero-order valence-corrected chi connectivity index (χ0v) is 15.3. The standard InChI is InChI=1S/C18H19N3O7/c1-2-28-18(25)14-5-3-4-8-19(14)15(22)10-20-16(23)12-7-6-11(21(26)27)9-13(12)17(20)24/h6-7,9,14H,2-5,8,10H2,1H3/t14-/m1/s1. The molecule has 0 aliphatic carbocycles. The summed E-state index contributed by atoms with van der Waals surface area (Å²) in [4.78, 5) is 62.3. The summed E-state index contributed by atoms with van der Waals surface area (Å²) in [5, 5.41) is 10.9. The van der Waals surface area contributed by atoms with Gasteiger partial charge >= 0.3 is 5.97 Å². The van der Waals surface area contributed by atoms with Crippen LogP contribution in [0.25, 0.3) is 0 Å². The number of non-ortho nitro benzene ring substituents is 1. The Labute approximate surface area is 160 Å². The van der Waals surface area contributed by atoms with Crippen molar-refractivity contribution < 1.29 is 28.8 Å². The summed E-state index contributed by atoms with van der Waals surface area (Å²) in [6.45, 7) is 1.66. The Morgan fingerprint density at radius 2 is 1.93 bits per heavy atom. The molecule has 1 fully saturated rings. The lowest BCUT2D eigenvalue weighted by Gasteiger charge is -2.34. The van der Waals surface area contributed by atoms with Crippen molar-refractivity contribution >= 4 is 29.4 Å². The average Bonchev–Trinajstić information content (AvgIpc) is 2.92. The van der Waals surface area contributed by atoms with Crippen LogP contribution in [0.3, 0.4) is 0 Å². The second-order valence-electron chi connectivity index (χ2n) is 6.53. The van der Waals surface area contributed by atoms with E-state index in [0.717, 1.165) is 23.5 Å². The first-order valence-corrected chi connectivity index (χ1v) is 8.96. The number of nitrogens with zero attached hydrogens (tertiary/aromatic N) is 3. The largest absolute Gasteiger partial charge is 0.464 e. The van der Waals surface area contributed by atoms with E-state index in [1.807, 2.05) is 0 Å². The molecule has 3 rings (SSSR count). The molecule has 1 saturated heterocycles. The third-order valence-corrected chi connectivity index (χ3v) is 4.84. The fraction of sp³-hybridized carbons (Fsp3) is 0.444. The van der Waals surface area contributed by atoms with Crippen molar-refractivity contribution in [2.75, 3.05) is 19.7 Å². The van der Waals surface area contributed by atoms with Gasteiger partial charge in [-0.2, -0.15) is 0 Å². The van der Waals surface area contributed by atoms with Crippen LogP contribution >= 0.6 is 0 Å². The van der Waals surface area contributed by atoms with Crippen LogP contribution in [0.4, 0.5) is 5.69 Å². The maximum absolute atomic E-state index is 12.8. The number of likely N-dealkylation sites (tertiary alicyclic amines) is 1. The summed E-state index contributed by atoms with van der Waals surface area (Å²) < 4.78 is 5.02. The van der Waals surface area contributed by atoms with Crippen molar-refractivity contribution in [2.24, 2.45) is 0 Å². The molecule has 0 N–H and O–H groups in total. The van der Waals surface area contributed by atoms with Crippen LogP contribution in [0.2, 0.25) is 0 Å². The smallest absolute Gasteiger partial charge is 0.328 e. The van der Waals surface area contributed by atoms with E-state index in [4.69, 9.17) is 4.74 Å². The van der Waals surface area contributed by atoms with Gasteiger partial charge in [-0.15, -0.1) is 0 Å². The Balaban J connectivity index is 1.78. The van der Waals surface area contributed by atoms with E-state index in [2.05, 4.69) is 0 Å². The van der Waals surface area contributed by atoms with Gasteiger partial charge in [0.1, 0.15) is 12.6 Å². The normalized spacial score (nSPS) is 18.8. The molecular weight excluding hydrogens is 370 g/mol. The zero-order chi connectivity index (χ0) is 20.4. The molecule has 10 nitrogen and oxygen atoms in total. The molecule has 1 aromatic rings. The van der Waals surface area contributed by atoms with Gasteiger partial charge in [-0.05, 0) is 32.3 Å². The molecule has 3 amide bonds. The average molecular weight is 389 g/mol. The maximum atomic E-state index is 12.8. The van der Waals surface area contributed by atoms with Gasteiger partial charge in [0.25, 0.3) is 17.5 Å². The van der Waals surface area contributed by atoms with Crippen molar-refractivity contribution in [3.05, 3.63) is 39.4 Å². The summed E-state index contributed by atoms with van der Waals surface area (Å²) in [6, 6.07) is 2.64. The second kappa shape index (κ2) is 7.75. The lowest BCUT2D eigenvalue weighted by Crippen LogP contribution is -2.52. The summed E-state index contributed by atoms with van der Waals surface area (Å²) in [5.74, 6) is -2.50. The summed E-state index contributed by atoms with van der Waals surface area (Å²) >= 11 is 0. The number of benzene rings is 1. The zero-order valence-electron chi connectivity index (χ0n) is 15.3. The minimum Gasteiger partial charge on any atom is -0.464 e. The topological polar surface area (TPSA) is 127 Å². The lowest BCUT2D eigenvalue weighted by atomic mass is 10.0. The number of carbonyl (C=O) groups excluding carboxylic acids is 4. The Kier molecular flexibility index (Phi) is 5.39. The molecule has 1 atom stereocenters. The number of esters is 1. The summed E-state index contributed by atoms with van der Waals surface area (Å²) in [5.41, 5.74) is -0.400. The molecule has 0 spiro atoms. The van der Waals surface area contributed by atoms with Crippen LogP contribution in [-0.2, 0) is 14.3 Å². The molecule has 0 unspecified atom stereocenters. The molecule has 2 aliphatic rings. The molecular formula is C18H19N3O7. The number of nitro groups is 1. The van der Waals surface area contributed by atoms with Crippen molar-refractivity contribution in [2.45, 2.75) is 32.2 Å². The van der Waals surface area contributed by atoms with E-state index < -0.39 is 41.2 Å². The van der Waals surface area contributed by atoms with Crippen LogP contribution in [0, 0.1) is 10.1 Å². The van der Waals surface area contributed by atoms with Crippen molar-refractivity contribution in [3.8, 4) is 0 Å². The molecule has 10 heteroatoms. The molecule has 0 saturated carbocycles. The molecule has 0 bridgehead atoms. The highest BCUT2D eigenvalue weighted by Gasteiger charge is 2.40. The first-order valence-electron chi connectivity index (χ1n) is 8.96.